The molecule has 6 heteroatoms. The molecule has 1 N–H and O–H groups in total. The predicted octanol–water partition coefficient (Wildman–Crippen LogP) is 4.70. The molecule has 1 heterocycles. The van der Waals surface area contributed by atoms with Gasteiger partial charge in [-0.15, -0.1) is 0 Å². The van der Waals surface area contributed by atoms with Crippen molar-refractivity contribution >= 4 is 17.4 Å². The number of nitrogens with one attached hydrogen (secondary N) is 1. The Hall–Kier alpha value is -3.98. The van der Waals surface area contributed by atoms with Crippen LogP contribution in [0.4, 0.5) is 16.2 Å². The number of urea groups is 1. The van der Waals surface area contributed by atoms with Crippen molar-refractivity contribution in [3.63, 3.8) is 0 Å². The van der Waals surface area contributed by atoms with Crippen LogP contribution in [-0.4, -0.2) is 37.1 Å². The Morgan fingerprint density at radius 1 is 0.867 bits per heavy atom. The summed E-state index contributed by atoms with van der Waals surface area (Å²) < 4.78 is 6.08. The van der Waals surface area contributed by atoms with Gasteiger partial charge >= 0.3 is 6.03 Å². The predicted molar refractivity (Wildman–Crippen MR) is 117 cm³/mol. The van der Waals surface area contributed by atoms with Crippen molar-refractivity contribution in [2.24, 2.45) is 0 Å². The van der Waals surface area contributed by atoms with Crippen molar-refractivity contribution < 1.29 is 9.53 Å². The largest absolute Gasteiger partial charge is 0.455 e. The van der Waals surface area contributed by atoms with Crippen molar-refractivity contribution in [1.29, 1.82) is 5.26 Å². The average molecular weight is 398 g/mol. The third kappa shape index (κ3) is 4.36. The summed E-state index contributed by atoms with van der Waals surface area (Å²) >= 11 is 0. The molecule has 1 aliphatic heterocycles. The lowest BCUT2D eigenvalue weighted by molar-refractivity contribution is 0.208. The summed E-state index contributed by atoms with van der Waals surface area (Å²) in [6.45, 7) is 2.56. The number of hydrogen-bond acceptors (Lipinski definition) is 4. The second-order valence-electron chi connectivity index (χ2n) is 6.94. The van der Waals surface area contributed by atoms with Crippen LogP contribution in [0.2, 0.25) is 0 Å². The van der Waals surface area contributed by atoms with Gasteiger partial charge in [0.05, 0.1) is 16.9 Å². The first-order valence-corrected chi connectivity index (χ1v) is 9.86. The second-order valence-corrected chi connectivity index (χ2v) is 6.94. The van der Waals surface area contributed by atoms with Crippen LogP contribution in [0, 0.1) is 11.3 Å². The lowest BCUT2D eigenvalue weighted by atomic mass is 10.2. The molecule has 30 heavy (non-hydrogen) atoms. The Morgan fingerprint density at radius 3 is 2.30 bits per heavy atom. The zero-order valence-corrected chi connectivity index (χ0v) is 16.5. The van der Waals surface area contributed by atoms with Gasteiger partial charge in [-0.1, -0.05) is 42.5 Å². The van der Waals surface area contributed by atoms with E-state index in [1.54, 1.807) is 29.2 Å². The minimum absolute atomic E-state index is 0.189. The number of anilines is 2. The minimum Gasteiger partial charge on any atom is -0.455 e. The van der Waals surface area contributed by atoms with Gasteiger partial charge in [0.15, 0.2) is 5.75 Å². The second kappa shape index (κ2) is 9.01. The van der Waals surface area contributed by atoms with Crippen LogP contribution in [0.1, 0.15) is 5.56 Å². The maximum atomic E-state index is 12.6. The molecule has 3 aromatic rings. The molecule has 1 fully saturated rings. The standard InChI is InChI=1S/C24H22N4O2/c25-18-19-8-4-5-11-21(19)26-24(29)28-16-14-27(15-17-28)22-12-6-7-13-23(22)30-20-9-2-1-3-10-20/h1-13H,14-17H2,(H,26,29). The fourth-order valence-electron chi connectivity index (χ4n) is 3.45. The number of carbonyl (C=O) groups is 1. The molecular formula is C24H22N4O2. The van der Waals surface area contributed by atoms with Gasteiger partial charge < -0.3 is 19.9 Å². The Bertz CT molecular complexity index is 1050. The molecule has 0 aromatic heterocycles. The maximum Gasteiger partial charge on any atom is 0.322 e. The minimum atomic E-state index is -0.189. The third-order valence-electron chi connectivity index (χ3n) is 5.03. The summed E-state index contributed by atoms with van der Waals surface area (Å²) in [4.78, 5) is 16.6. The number of piperazine rings is 1. The highest BCUT2D eigenvalue weighted by Gasteiger charge is 2.23. The van der Waals surface area contributed by atoms with Gasteiger partial charge in [-0.2, -0.15) is 5.26 Å². The number of nitriles is 1. The molecule has 0 aliphatic carbocycles. The van der Waals surface area contributed by atoms with E-state index < -0.39 is 0 Å². The molecule has 0 unspecified atom stereocenters. The Kier molecular flexibility index (Phi) is 5.81. The monoisotopic (exact) mass is 398 g/mol. The molecule has 1 saturated heterocycles. The summed E-state index contributed by atoms with van der Waals surface area (Å²) in [6.07, 6.45) is 0. The Balaban J connectivity index is 1.40. The first-order valence-electron chi connectivity index (χ1n) is 9.86. The van der Waals surface area contributed by atoms with Crippen LogP contribution >= 0.6 is 0 Å². The normalized spacial score (nSPS) is 13.4. The molecule has 1 aliphatic rings. The quantitative estimate of drug-likeness (QED) is 0.691. The fourth-order valence-corrected chi connectivity index (χ4v) is 3.45. The van der Waals surface area contributed by atoms with E-state index >= 15 is 0 Å². The van der Waals surface area contributed by atoms with Crippen LogP contribution in [0.25, 0.3) is 0 Å². The van der Waals surface area contributed by atoms with Gasteiger partial charge in [-0.3, -0.25) is 0 Å². The number of amides is 2. The van der Waals surface area contributed by atoms with Gasteiger partial charge in [0, 0.05) is 26.2 Å². The lowest BCUT2D eigenvalue weighted by Gasteiger charge is -2.36. The molecule has 3 aromatic carbocycles. The van der Waals surface area contributed by atoms with Gasteiger partial charge in [0.25, 0.3) is 0 Å². The van der Waals surface area contributed by atoms with Gasteiger partial charge in [0.2, 0.25) is 0 Å². The average Bonchev–Trinajstić information content (AvgIpc) is 2.80. The van der Waals surface area contributed by atoms with Crippen molar-refractivity contribution in [2.75, 3.05) is 36.4 Å². The number of nitrogens with zero attached hydrogens (tertiary/aromatic N) is 3. The van der Waals surface area contributed by atoms with E-state index in [-0.39, 0.29) is 6.03 Å². The van der Waals surface area contributed by atoms with Crippen LogP contribution in [0.15, 0.2) is 78.9 Å². The smallest absolute Gasteiger partial charge is 0.322 e. The van der Waals surface area contributed by atoms with E-state index in [9.17, 15) is 10.1 Å². The molecular weight excluding hydrogens is 376 g/mol. The van der Waals surface area contributed by atoms with Crippen molar-refractivity contribution in [1.82, 2.24) is 4.90 Å². The van der Waals surface area contributed by atoms with Crippen LogP contribution in [-0.2, 0) is 0 Å². The summed E-state index contributed by atoms with van der Waals surface area (Å²) in [6, 6.07) is 26.6. The van der Waals surface area contributed by atoms with E-state index in [1.807, 2.05) is 54.6 Å². The van der Waals surface area contributed by atoms with Gasteiger partial charge in [-0.05, 0) is 36.4 Å². The fraction of sp³-hybridized carbons (Fsp3) is 0.167. The summed E-state index contributed by atoms with van der Waals surface area (Å²) in [7, 11) is 0. The maximum absolute atomic E-state index is 12.6. The number of benzene rings is 3. The summed E-state index contributed by atoms with van der Waals surface area (Å²) in [5.74, 6) is 1.59. The summed E-state index contributed by atoms with van der Waals surface area (Å²) in [5, 5.41) is 12.1. The van der Waals surface area contributed by atoms with E-state index in [0.717, 1.165) is 17.2 Å². The number of ether oxygens (including phenoxy) is 1. The third-order valence-corrected chi connectivity index (χ3v) is 5.03. The van der Waals surface area contributed by atoms with E-state index in [2.05, 4.69) is 16.3 Å². The number of para-hydroxylation sites is 4. The molecule has 4 rings (SSSR count). The van der Waals surface area contributed by atoms with Crippen LogP contribution < -0.4 is 15.0 Å². The first kappa shape index (κ1) is 19.3. The molecule has 0 radical (unpaired) electrons. The van der Waals surface area contributed by atoms with Crippen LogP contribution in [0.5, 0.6) is 11.5 Å². The SMILES string of the molecule is N#Cc1ccccc1NC(=O)N1CCN(c2ccccc2Oc2ccccc2)CC1. The van der Waals surface area contributed by atoms with Crippen molar-refractivity contribution in [2.45, 2.75) is 0 Å². The summed E-state index contributed by atoms with van der Waals surface area (Å²) in [5.41, 5.74) is 2.00. The Labute approximate surface area is 175 Å². The molecule has 2 amide bonds. The van der Waals surface area contributed by atoms with Crippen molar-refractivity contribution in [3.05, 3.63) is 84.4 Å². The zero-order valence-electron chi connectivity index (χ0n) is 16.5. The van der Waals surface area contributed by atoms with Crippen LogP contribution in [0.3, 0.4) is 0 Å². The lowest BCUT2D eigenvalue weighted by Crippen LogP contribution is -2.50. The molecule has 0 saturated carbocycles. The number of hydrogen-bond donors (Lipinski definition) is 1. The van der Waals surface area contributed by atoms with Gasteiger partial charge in [-0.25, -0.2) is 4.79 Å². The molecule has 0 atom stereocenters. The zero-order chi connectivity index (χ0) is 20.8. The number of carbonyl (C=O) groups excluding carboxylic acids is 1. The van der Waals surface area contributed by atoms with E-state index in [1.165, 1.54) is 0 Å². The molecule has 0 spiro atoms. The first-order chi connectivity index (χ1) is 14.7. The Morgan fingerprint density at radius 2 is 1.53 bits per heavy atom. The van der Waals surface area contributed by atoms with Gasteiger partial charge in [0.1, 0.15) is 11.8 Å². The topological polar surface area (TPSA) is 68.6 Å². The van der Waals surface area contributed by atoms with Crippen molar-refractivity contribution in [3.8, 4) is 17.6 Å². The van der Waals surface area contributed by atoms with E-state index in [4.69, 9.17) is 4.74 Å². The molecule has 6 nitrogen and oxygen atoms in total. The highest BCUT2D eigenvalue weighted by molar-refractivity contribution is 5.91. The van der Waals surface area contributed by atoms with E-state index in [0.29, 0.717) is 37.4 Å². The number of rotatable bonds is 4. The molecule has 150 valence electrons. The molecule has 0 bridgehead atoms. The highest BCUT2D eigenvalue weighted by Crippen LogP contribution is 2.32. The highest BCUT2D eigenvalue weighted by atomic mass is 16.5.